The first-order chi connectivity index (χ1) is 14.5. The number of Topliss-reactive ketones (excluding diaryl/α,β-unsaturated/α-hetero) is 2. The summed E-state index contributed by atoms with van der Waals surface area (Å²) in [5.74, 6) is -1.39. The maximum Gasteiger partial charge on any atom is 0.343 e. The second-order valence-electron chi connectivity index (χ2n) is 6.57. The summed E-state index contributed by atoms with van der Waals surface area (Å²) >= 11 is 0. The molecule has 0 bridgehead atoms. The zero-order valence-corrected chi connectivity index (χ0v) is 15.8. The fourth-order valence-electron chi connectivity index (χ4n) is 3.17. The number of hydrogen-bond donors (Lipinski definition) is 0. The number of fused-ring (bicyclic) bond motifs is 1. The highest BCUT2D eigenvalue weighted by Crippen LogP contribution is 2.32. The van der Waals surface area contributed by atoms with Gasteiger partial charge in [-0.3, -0.25) is 9.59 Å². The van der Waals surface area contributed by atoms with Gasteiger partial charge >= 0.3 is 5.97 Å². The Bertz CT molecular complexity index is 1170. The lowest BCUT2D eigenvalue weighted by Gasteiger charge is -2.10. The third-order valence-corrected chi connectivity index (χ3v) is 4.69. The molecular formula is C24H15FO5. The Morgan fingerprint density at radius 1 is 0.867 bits per heavy atom. The van der Waals surface area contributed by atoms with E-state index in [0.29, 0.717) is 16.7 Å². The molecular weight excluding hydrogens is 387 g/mol. The molecule has 3 aromatic carbocycles. The molecule has 0 aliphatic heterocycles. The number of ketones is 2. The highest BCUT2D eigenvalue weighted by molar-refractivity contribution is 6.41. The summed E-state index contributed by atoms with van der Waals surface area (Å²) in [6.07, 6.45) is 1.48. The quantitative estimate of drug-likeness (QED) is 0.278. The molecule has 0 amide bonds. The summed E-state index contributed by atoms with van der Waals surface area (Å²) in [6.45, 7) is 0. The Kier molecular flexibility index (Phi) is 4.98. The van der Waals surface area contributed by atoms with Crippen molar-refractivity contribution < 1.29 is 28.2 Å². The molecule has 6 heteroatoms. The van der Waals surface area contributed by atoms with Gasteiger partial charge in [-0.15, -0.1) is 0 Å². The van der Waals surface area contributed by atoms with Crippen molar-refractivity contribution in [3.63, 3.8) is 0 Å². The second-order valence-corrected chi connectivity index (χ2v) is 6.57. The Hall–Kier alpha value is -4.06. The maximum atomic E-state index is 13.0. The van der Waals surface area contributed by atoms with Gasteiger partial charge in [0.1, 0.15) is 5.82 Å². The highest BCUT2D eigenvalue weighted by Gasteiger charge is 2.32. The number of benzene rings is 3. The topological polar surface area (TPSA) is 69.7 Å². The lowest BCUT2D eigenvalue weighted by Crippen LogP contribution is -2.09. The van der Waals surface area contributed by atoms with Gasteiger partial charge in [0.25, 0.3) is 0 Å². The van der Waals surface area contributed by atoms with Crippen molar-refractivity contribution in [1.82, 2.24) is 0 Å². The fourth-order valence-corrected chi connectivity index (χ4v) is 3.17. The molecule has 0 saturated carbocycles. The molecule has 0 atom stereocenters. The Morgan fingerprint density at radius 3 is 2.10 bits per heavy atom. The summed E-state index contributed by atoms with van der Waals surface area (Å²) in [5, 5.41) is 0. The van der Waals surface area contributed by atoms with E-state index in [9.17, 15) is 18.8 Å². The number of allylic oxidation sites excluding steroid dienone is 1. The fraction of sp³-hybridized carbons (Fsp3) is 0.0417. The van der Waals surface area contributed by atoms with Gasteiger partial charge in [0, 0.05) is 11.1 Å². The average molecular weight is 402 g/mol. The van der Waals surface area contributed by atoms with Crippen molar-refractivity contribution in [2.45, 2.75) is 0 Å². The first-order valence-corrected chi connectivity index (χ1v) is 9.04. The van der Waals surface area contributed by atoms with E-state index in [2.05, 4.69) is 0 Å². The van der Waals surface area contributed by atoms with Crippen molar-refractivity contribution in [2.75, 3.05) is 7.11 Å². The van der Waals surface area contributed by atoms with Crippen LogP contribution in [-0.2, 0) is 0 Å². The summed E-state index contributed by atoms with van der Waals surface area (Å²) in [6, 6.07) is 16.3. The molecule has 4 rings (SSSR count). The van der Waals surface area contributed by atoms with Crippen LogP contribution in [0, 0.1) is 5.82 Å². The number of halogens is 1. The molecule has 0 unspecified atom stereocenters. The molecule has 148 valence electrons. The molecule has 0 saturated heterocycles. The van der Waals surface area contributed by atoms with Crippen LogP contribution in [0.4, 0.5) is 4.39 Å². The van der Waals surface area contributed by atoms with Crippen LogP contribution >= 0.6 is 0 Å². The van der Waals surface area contributed by atoms with E-state index >= 15 is 0 Å². The van der Waals surface area contributed by atoms with Crippen molar-refractivity contribution in [2.24, 2.45) is 0 Å². The van der Waals surface area contributed by atoms with E-state index in [-0.39, 0.29) is 34.2 Å². The Morgan fingerprint density at radius 2 is 1.50 bits per heavy atom. The van der Waals surface area contributed by atoms with Gasteiger partial charge in [-0.25, -0.2) is 9.18 Å². The predicted molar refractivity (Wildman–Crippen MR) is 107 cm³/mol. The van der Waals surface area contributed by atoms with Crippen LogP contribution in [0.15, 0.2) is 72.3 Å². The smallest absolute Gasteiger partial charge is 0.343 e. The average Bonchev–Trinajstić information content (AvgIpc) is 3.00. The normalized spacial score (nSPS) is 12.5. The Labute approximate surface area is 171 Å². The van der Waals surface area contributed by atoms with Gasteiger partial charge in [0.15, 0.2) is 23.1 Å². The molecule has 0 fully saturated rings. The number of rotatable bonds is 4. The molecule has 1 aliphatic rings. The van der Waals surface area contributed by atoms with Gasteiger partial charge in [-0.1, -0.05) is 30.3 Å². The summed E-state index contributed by atoms with van der Waals surface area (Å²) in [5.41, 5.74) is 1.55. The van der Waals surface area contributed by atoms with Gasteiger partial charge in [-0.05, 0) is 48.0 Å². The van der Waals surface area contributed by atoms with E-state index in [1.54, 1.807) is 36.4 Å². The van der Waals surface area contributed by atoms with Gasteiger partial charge < -0.3 is 9.47 Å². The highest BCUT2D eigenvalue weighted by atomic mass is 19.1. The number of esters is 1. The zero-order chi connectivity index (χ0) is 21.3. The van der Waals surface area contributed by atoms with Crippen LogP contribution < -0.4 is 9.47 Å². The summed E-state index contributed by atoms with van der Waals surface area (Å²) in [7, 11) is 1.41. The van der Waals surface area contributed by atoms with Crippen LogP contribution in [0.1, 0.15) is 36.6 Å². The molecule has 3 aromatic rings. The molecule has 0 aromatic heterocycles. The minimum absolute atomic E-state index is 0.0642. The number of methoxy groups -OCH3 is 1. The van der Waals surface area contributed by atoms with Crippen molar-refractivity contribution >= 4 is 23.6 Å². The standard InChI is InChI=1S/C24H15FO5/c1-29-21-13-14(12-19-22(26)17-4-2-3-5-18(17)23(19)27)6-11-20(21)30-24(28)15-7-9-16(25)10-8-15/h2-13H,1H3. The van der Waals surface area contributed by atoms with E-state index in [1.807, 2.05) is 0 Å². The van der Waals surface area contributed by atoms with Gasteiger partial charge in [-0.2, -0.15) is 0 Å². The molecule has 0 radical (unpaired) electrons. The van der Waals surface area contributed by atoms with E-state index < -0.39 is 11.8 Å². The monoisotopic (exact) mass is 402 g/mol. The minimum Gasteiger partial charge on any atom is -0.493 e. The summed E-state index contributed by atoms with van der Waals surface area (Å²) in [4.78, 5) is 37.4. The van der Waals surface area contributed by atoms with Crippen LogP contribution in [0.3, 0.4) is 0 Å². The minimum atomic E-state index is -0.670. The maximum absolute atomic E-state index is 13.0. The van der Waals surface area contributed by atoms with Crippen molar-refractivity contribution in [1.29, 1.82) is 0 Å². The predicted octanol–water partition coefficient (Wildman–Crippen LogP) is 4.52. The molecule has 1 aliphatic carbocycles. The van der Waals surface area contributed by atoms with Crippen LogP contribution in [0.25, 0.3) is 6.08 Å². The molecule has 0 spiro atoms. The van der Waals surface area contributed by atoms with E-state index in [0.717, 1.165) is 12.1 Å². The second kappa shape index (κ2) is 7.75. The number of hydrogen-bond acceptors (Lipinski definition) is 5. The third-order valence-electron chi connectivity index (χ3n) is 4.69. The Balaban J connectivity index is 1.61. The lowest BCUT2D eigenvalue weighted by atomic mass is 10.1. The van der Waals surface area contributed by atoms with Crippen molar-refractivity contribution in [3.05, 3.63) is 100 Å². The van der Waals surface area contributed by atoms with Crippen LogP contribution in [0.2, 0.25) is 0 Å². The molecule has 30 heavy (non-hydrogen) atoms. The molecule has 0 heterocycles. The largest absolute Gasteiger partial charge is 0.493 e. The molecule has 0 N–H and O–H groups in total. The summed E-state index contributed by atoms with van der Waals surface area (Å²) < 4.78 is 23.6. The SMILES string of the molecule is COc1cc(C=C2C(=O)c3ccccc3C2=O)ccc1OC(=O)c1ccc(F)cc1. The first-order valence-electron chi connectivity index (χ1n) is 9.04. The lowest BCUT2D eigenvalue weighted by molar-refractivity contribution is 0.0729. The van der Waals surface area contributed by atoms with Gasteiger partial charge in [0.2, 0.25) is 0 Å². The molecule has 5 nitrogen and oxygen atoms in total. The number of carbonyl (C=O) groups excluding carboxylic acids is 3. The zero-order valence-electron chi connectivity index (χ0n) is 15.8. The number of carbonyl (C=O) groups is 3. The van der Waals surface area contributed by atoms with Crippen LogP contribution in [0.5, 0.6) is 11.5 Å². The van der Waals surface area contributed by atoms with Crippen molar-refractivity contribution in [3.8, 4) is 11.5 Å². The number of ether oxygens (including phenoxy) is 2. The van der Waals surface area contributed by atoms with Crippen LogP contribution in [-0.4, -0.2) is 24.6 Å². The van der Waals surface area contributed by atoms with E-state index in [1.165, 1.54) is 31.4 Å². The first kappa shape index (κ1) is 19.3. The van der Waals surface area contributed by atoms with E-state index in [4.69, 9.17) is 9.47 Å². The van der Waals surface area contributed by atoms with Gasteiger partial charge in [0.05, 0.1) is 18.2 Å². The third kappa shape index (κ3) is 3.51.